The van der Waals surface area contributed by atoms with E-state index in [9.17, 15) is 0 Å². The normalized spacial score (nSPS) is 10.4. The number of benzene rings is 1. The number of aromatic amines is 1. The summed E-state index contributed by atoms with van der Waals surface area (Å²) in [5.41, 5.74) is 2.10. The highest BCUT2D eigenvalue weighted by Crippen LogP contribution is 2.33. The number of H-pyrrole nitrogens is 1. The highest BCUT2D eigenvalue weighted by molar-refractivity contribution is 7.99. The van der Waals surface area contributed by atoms with E-state index in [0.717, 1.165) is 21.3 Å². The standard InChI is InChI=1S/C14H11N3S/c1-2-7-13(18-14-16-9-10-17-14)11(5-1)12-6-3-4-8-15-12/h1-10H,(H,16,17). The fourth-order valence-electron chi connectivity index (χ4n) is 1.70. The summed E-state index contributed by atoms with van der Waals surface area (Å²) < 4.78 is 0. The van der Waals surface area contributed by atoms with Gasteiger partial charge in [-0.1, -0.05) is 36.0 Å². The first-order valence-corrected chi connectivity index (χ1v) is 6.43. The Morgan fingerprint density at radius 3 is 2.56 bits per heavy atom. The lowest BCUT2D eigenvalue weighted by molar-refractivity contribution is 1.06. The fraction of sp³-hybridized carbons (Fsp3) is 0. The van der Waals surface area contributed by atoms with Crippen molar-refractivity contribution in [3.63, 3.8) is 0 Å². The molecule has 3 rings (SSSR count). The van der Waals surface area contributed by atoms with Gasteiger partial charge in [0, 0.05) is 29.0 Å². The van der Waals surface area contributed by atoms with E-state index in [1.165, 1.54) is 0 Å². The summed E-state index contributed by atoms with van der Waals surface area (Å²) in [6, 6.07) is 14.1. The Hall–Kier alpha value is -2.07. The van der Waals surface area contributed by atoms with Crippen LogP contribution in [0.4, 0.5) is 0 Å². The van der Waals surface area contributed by atoms with Crippen molar-refractivity contribution in [2.45, 2.75) is 10.1 Å². The molecule has 18 heavy (non-hydrogen) atoms. The maximum absolute atomic E-state index is 4.39. The zero-order valence-electron chi connectivity index (χ0n) is 9.58. The number of pyridine rings is 1. The van der Waals surface area contributed by atoms with Crippen molar-refractivity contribution < 1.29 is 0 Å². The second-order valence-electron chi connectivity index (χ2n) is 3.71. The van der Waals surface area contributed by atoms with Crippen LogP contribution in [0.5, 0.6) is 0 Å². The van der Waals surface area contributed by atoms with Gasteiger partial charge in [0.25, 0.3) is 0 Å². The monoisotopic (exact) mass is 253 g/mol. The number of nitrogens with zero attached hydrogens (tertiary/aromatic N) is 2. The van der Waals surface area contributed by atoms with Gasteiger partial charge in [0.15, 0.2) is 5.16 Å². The number of rotatable bonds is 3. The number of hydrogen-bond donors (Lipinski definition) is 1. The molecule has 88 valence electrons. The van der Waals surface area contributed by atoms with Gasteiger partial charge in [0.05, 0.1) is 5.69 Å². The summed E-state index contributed by atoms with van der Waals surface area (Å²) in [4.78, 5) is 12.9. The summed E-state index contributed by atoms with van der Waals surface area (Å²) in [5.74, 6) is 0. The summed E-state index contributed by atoms with van der Waals surface area (Å²) >= 11 is 1.61. The Balaban J connectivity index is 2.00. The molecule has 1 N–H and O–H groups in total. The lowest BCUT2D eigenvalue weighted by Gasteiger charge is -2.06. The quantitative estimate of drug-likeness (QED) is 0.775. The molecule has 0 spiro atoms. The summed E-state index contributed by atoms with van der Waals surface area (Å²) in [7, 11) is 0. The van der Waals surface area contributed by atoms with Gasteiger partial charge in [-0.05, 0) is 18.2 Å². The van der Waals surface area contributed by atoms with Crippen molar-refractivity contribution in [1.29, 1.82) is 0 Å². The Bertz CT molecular complexity index is 621. The average molecular weight is 253 g/mol. The number of aromatic nitrogens is 3. The summed E-state index contributed by atoms with van der Waals surface area (Å²) in [5, 5.41) is 0.887. The highest BCUT2D eigenvalue weighted by Gasteiger charge is 2.07. The molecule has 1 aromatic carbocycles. The Labute approximate surface area is 109 Å². The maximum atomic E-state index is 4.39. The predicted octanol–water partition coefficient (Wildman–Crippen LogP) is 3.62. The van der Waals surface area contributed by atoms with Crippen molar-refractivity contribution >= 4 is 11.8 Å². The van der Waals surface area contributed by atoms with E-state index in [0.29, 0.717) is 0 Å². The molecule has 0 radical (unpaired) electrons. The van der Waals surface area contributed by atoms with E-state index in [2.05, 4.69) is 27.1 Å². The van der Waals surface area contributed by atoms with Crippen LogP contribution in [-0.2, 0) is 0 Å². The van der Waals surface area contributed by atoms with E-state index >= 15 is 0 Å². The van der Waals surface area contributed by atoms with Gasteiger partial charge in [-0.15, -0.1) is 0 Å². The van der Waals surface area contributed by atoms with E-state index in [-0.39, 0.29) is 0 Å². The second-order valence-corrected chi connectivity index (χ2v) is 4.74. The molecule has 0 unspecified atom stereocenters. The maximum Gasteiger partial charge on any atom is 0.170 e. The molecule has 3 nitrogen and oxygen atoms in total. The van der Waals surface area contributed by atoms with Crippen molar-refractivity contribution in [3.8, 4) is 11.3 Å². The molecule has 0 fully saturated rings. The minimum absolute atomic E-state index is 0.887. The molecule has 0 aliphatic rings. The largest absolute Gasteiger partial charge is 0.339 e. The zero-order chi connectivity index (χ0) is 12.2. The first-order valence-electron chi connectivity index (χ1n) is 5.61. The van der Waals surface area contributed by atoms with Crippen LogP contribution in [0.15, 0.2) is 71.1 Å². The summed E-state index contributed by atoms with van der Waals surface area (Å²) in [6.45, 7) is 0. The van der Waals surface area contributed by atoms with Gasteiger partial charge >= 0.3 is 0 Å². The molecule has 0 aliphatic carbocycles. The van der Waals surface area contributed by atoms with E-state index in [1.54, 1.807) is 18.0 Å². The molecule has 0 saturated heterocycles. The smallest absolute Gasteiger partial charge is 0.170 e. The number of imidazole rings is 1. The van der Waals surface area contributed by atoms with Gasteiger partial charge in [-0.2, -0.15) is 0 Å². The highest BCUT2D eigenvalue weighted by atomic mass is 32.2. The molecule has 2 aromatic heterocycles. The molecule has 2 heterocycles. The Morgan fingerprint density at radius 2 is 1.78 bits per heavy atom. The first kappa shape index (κ1) is 11.0. The molecule has 4 heteroatoms. The number of nitrogens with one attached hydrogen (secondary N) is 1. The molecule has 3 aromatic rings. The average Bonchev–Trinajstić information content (AvgIpc) is 2.93. The molecule has 0 aliphatic heterocycles. The van der Waals surface area contributed by atoms with Crippen LogP contribution in [0, 0.1) is 0 Å². The van der Waals surface area contributed by atoms with Crippen molar-refractivity contribution in [3.05, 3.63) is 61.1 Å². The third kappa shape index (κ3) is 2.28. The SMILES string of the molecule is c1ccc(-c2ccccc2Sc2ncc[nH]2)nc1. The second kappa shape index (κ2) is 5.06. The minimum Gasteiger partial charge on any atom is -0.339 e. The van der Waals surface area contributed by atoms with Crippen LogP contribution in [0.3, 0.4) is 0 Å². The lowest BCUT2D eigenvalue weighted by Crippen LogP contribution is -1.85. The van der Waals surface area contributed by atoms with E-state index in [4.69, 9.17) is 0 Å². The number of hydrogen-bond acceptors (Lipinski definition) is 3. The van der Waals surface area contributed by atoms with Crippen molar-refractivity contribution in [1.82, 2.24) is 15.0 Å². The van der Waals surface area contributed by atoms with Crippen LogP contribution >= 0.6 is 11.8 Å². The molecule has 0 amide bonds. The zero-order valence-corrected chi connectivity index (χ0v) is 10.4. The van der Waals surface area contributed by atoms with Crippen LogP contribution in [0.25, 0.3) is 11.3 Å². The van der Waals surface area contributed by atoms with Gasteiger partial charge in [0.1, 0.15) is 0 Å². The van der Waals surface area contributed by atoms with Crippen LogP contribution < -0.4 is 0 Å². The summed E-state index contributed by atoms with van der Waals surface area (Å²) in [6.07, 6.45) is 5.39. The molecule has 0 saturated carbocycles. The van der Waals surface area contributed by atoms with Crippen molar-refractivity contribution in [2.24, 2.45) is 0 Å². The van der Waals surface area contributed by atoms with E-state index < -0.39 is 0 Å². The fourth-order valence-corrected chi connectivity index (χ4v) is 2.58. The third-order valence-corrected chi connectivity index (χ3v) is 3.50. The third-order valence-electron chi connectivity index (χ3n) is 2.51. The van der Waals surface area contributed by atoms with Gasteiger partial charge in [0.2, 0.25) is 0 Å². The molecule has 0 atom stereocenters. The van der Waals surface area contributed by atoms with Gasteiger partial charge in [-0.3, -0.25) is 4.98 Å². The predicted molar refractivity (Wildman–Crippen MR) is 72.4 cm³/mol. The molecular formula is C14H11N3S. The minimum atomic E-state index is 0.887. The Morgan fingerprint density at radius 1 is 0.889 bits per heavy atom. The lowest BCUT2D eigenvalue weighted by atomic mass is 10.1. The molecule has 0 bridgehead atoms. The van der Waals surface area contributed by atoms with Crippen LogP contribution in [0.2, 0.25) is 0 Å². The molecular weight excluding hydrogens is 242 g/mol. The van der Waals surface area contributed by atoms with Gasteiger partial charge in [-0.25, -0.2) is 4.98 Å². The van der Waals surface area contributed by atoms with Crippen LogP contribution in [-0.4, -0.2) is 15.0 Å². The topological polar surface area (TPSA) is 41.6 Å². The van der Waals surface area contributed by atoms with Crippen molar-refractivity contribution in [2.75, 3.05) is 0 Å². The van der Waals surface area contributed by atoms with Crippen LogP contribution in [0.1, 0.15) is 0 Å². The van der Waals surface area contributed by atoms with Gasteiger partial charge < -0.3 is 4.98 Å². The Kier molecular flexibility index (Phi) is 3.10. The first-order chi connectivity index (χ1) is 8.93. The van der Waals surface area contributed by atoms with E-state index in [1.807, 2.05) is 42.7 Å².